The molecule has 0 saturated carbocycles. The van der Waals surface area contributed by atoms with E-state index in [2.05, 4.69) is 15.5 Å². The van der Waals surface area contributed by atoms with Crippen LogP contribution in [-0.4, -0.2) is 67.9 Å². The second-order valence-electron chi connectivity index (χ2n) is 5.14. The summed E-state index contributed by atoms with van der Waals surface area (Å²) in [5, 5.41) is 19.9. The fourth-order valence-corrected chi connectivity index (χ4v) is 2.36. The maximum absolute atomic E-state index is 12.3. The summed E-state index contributed by atoms with van der Waals surface area (Å²) in [7, 11) is 0. The zero-order chi connectivity index (χ0) is 16.2. The fraction of sp³-hybridized carbons (Fsp3) is 0.357. The van der Waals surface area contributed by atoms with E-state index in [0.717, 1.165) is 11.3 Å². The van der Waals surface area contributed by atoms with Gasteiger partial charge in [0.2, 0.25) is 5.91 Å². The Kier molecular flexibility index (Phi) is 4.29. The standard InChI is InChI=1S/C14H15N5O4/c20-13(18-5-6-23-12(8-18)14(21)22)7-10-1-3-11(4-2-10)19-9-15-16-17-19/h1-4,9,12H,5-8H2,(H,21,22)/t12-/m1/s1. The number of hydrogen-bond acceptors (Lipinski definition) is 6. The van der Waals surface area contributed by atoms with Gasteiger partial charge in [-0.2, -0.15) is 0 Å². The number of amides is 1. The number of carbonyl (C=O) groups excluding carboxylic acids is 1. The quantitative estimate of drug-likeness (QED) is 0.810. The van der Waals surface area contributed by atoms with Gasteiger partial charge >= 0.3 is 5.97 Å². The zero-order valence-electron chi connectivity index (χ0n) is 12.2. The molecule has 1 aromatic carbocycles. The molecule has 1 amide bonds. The Balaban J connectivity index is 1.62. The zero-order valence-corrected chi connectivity index (χ0v) is 12.2. The van der Waals surface area contributed by atoms with Gasteiger partial charge in [0.1, 0.15) is 6.33 Å². The minimum absolute atomic E-state index is 0.0802. The minimum atomic E-state index is -1.05. The van der Waals surface area contributed by atoms with Gasteiger partial charge in [0, 0.05) is 6.54 Å². The van der Waals surface area contributed by atoms with Crippen LogP contribution in [0.15, 0.2) is 30.6 Å². The largest absolute Gasteiger partial charge is 0.479 e. The Morgan fingerprint density at radius 3 is 2.74 bits per heavy atom. The Hall–Kier alpha value is -2.81. The molecule has 23 heavy (non-hydrogen) atoms. The third kappa shape index (κ3) is 3.51. The monoisotopic (exact) mass is 317 g/mol. The molecule has 120 valence electrons. The lowest BCUT2D eigenvalue weighted by atomic mass is 10.1. The molecular weight excluding hydrogens is 302 g/mol. The second-order valence-corrected chi connectivity index (χ2v) is 5.14. The number of hydrogen-bond donors (Lipinski definition) is 1. The van der Waals surface area contributed by atoms with Crippen LogP contribution in [0, 0.1) is 0 Å². The first-order valence-corrected chi connectivity index (χ1v) is 7.08. The molecule has 0 bridgehead atoms. The van der Waals surface area contributed by atoms with Gasteiger partial charge in [-0.3, -0.25) is 4.79 Å². The van der Waals surface area contributed by atoms with E-state index in [0.29, 0.717) is 6.54 Å². The molecule has 0 aliphatic carbocycles. The van der Waals surface area contributed by atoms with E-state index < -0.39 is 12.1 Å². The summed E-state index contributed by atoms with van der Waals surface area (Å²) in [4.78, 5) is 24.8. The van der Waals surface area contributed by atoms with E-state index in [1.165, 1.54) is 15.9 Å². The van der Waals surface area contributed by atoms with Crippen LogP contribution < -0.4 is 0 Å². The highest BCUT2D eigenvalue weighted by atomic mass is 16.5. The van der Waals surface area contributed by atoms with Crippen LogP contribution >= 0.6 is 0 Å². The molecule has 0 unspecified atom stereocenters. The molecule has 9 heteroatoms. The van der Waals surface area contributed by atoms with Crippen molar-refractivity contribution in [2.45, 2.75) is 12.5 Å². The van der Waals surface area contributed by atoms with Gasteiger partial charge in [-0.05, 0) is 28.1 Å². The van der Waals surface area contributed by atoms with Crippen molar-refractivity contribution >= 4 is 11.9 Å². The van der Waals surface area contributed by atoms with E-state index in [1.807, 2.05) is 24.3 Å². The number of carboxylic acid groups (broad SMARTS) is 1. The van der Waals surface area contributed by atoms with Crippen molar-refractivity contribution < 1.29 is 19.4 Å². The normalized spacial score (nSPS) is 17.9. The Bertz CT molecular complexity index is 686. The van der Waals surface area contributed by atoms with E-state index in [4.69, 9.17) is 9.84 Å². The first-order chi connectivity index (χ1) is 11.1. The number of ether oxygens (including phenoxy) is 1. The summed E-state index contributed by atoms with van der Waals surface area (Å²) in [5.41, 5.74) is 1.63. The third-order valence-electron chi connectivity index (χ3n) is 3.60. The van der Waals surface area contributed by atoms with Crippen LogP contribution in [0.3, 0.4) is 0 Å². The van der Waals surface area contributed by atoms with Gasteiger partial charge in [0.25, 0.3) is 0 Å². The maximum Gasteiger partial charge on any atom is 0.334 e. The van der Waals surface area contributed by atoms with Gasteiger partial charge < -0.3 is 14.7 Å². The van der Waals surface area contributed by atoms with Crippen molar-refractivity contribution in [1.82, 2.24) is 25.1 Å². The van der Waals surface area contributed by atoms with Crippen molar-refractivity contribution in [3.05, 3.63) is 36.2 Å². The lowest BCUT2D eigenvalue weighted by Gasteiger charge is -2.31. The number of morpholine rings is 1. The highest BCUT2D eigenvalue weighted by Crippen LogP contribution is 2.12. The SMILES string of the molecule is O=C(O)[C@H]1CN(C(=O)Cc2ccc(-n3cnnn3)cc2)CCO1. The smallest absolute Gasteiger partial charge is 0.334 e. The maximum atomic E-state index is 12.3. The molecule has 9 nitrogen and oxygen atoms in total. The van der Waals surface area contributed by atoms with Crippen LogP contribution in [0.5, 0.6) is 0 Å². The average Bonchev–Trinajstić information content (AvgIpc) is 3.10. The minimum Gasteiger partial charge on any atom is -0.479 e. The molecule has 1 aliphatic rings. The van der Waals surface area contributed by atoms with Crippen molar-refractivity contribution in [2.24, 2.45) is 0 Å². The molecule has 1 atom stereocenters. The molecule has 1 N–H and O–H groups in total. The molecule has 1 aliphatic heterocycles. The second kappa shape index (κ2) is 6.53. The number of benzene rings is 1. The van der Waals surface area contributed by atoms with E-state index in [9.17, 15) is 9.59 Å². The van der Waals surface area contributed by atoms with Crippen LogP contribution in [0.25, 0.3) is 5.69 Å². The van der Waals surface area contributed by atoms with Gasteiger partial charge in [-0.25, -0.2) is 9.48 Å². The molecule has 3 rings (SSSR count). The molecule has 0 spiro atoms. The van der Waals surface area contributed by atoms with Crippen LogP contribution in [0.2, 0.25) is 0 Å². The Labute approximate surface area is 131 Å². The number of aromatic nitrogens is 4. The molecule has 2 aromatic rings. The fourth-order valence-electron chi connectivity index (χ4n) is 2.36. The predicted molar refractivity (Wildman–Crippen MR) is 76.8 cm³/mol. The van der Waals surface area contributed by atoms with Crippen molar-refractivity contribution in [1.29, 1.82) is 0 Å². The number of aliphatic carboxylic acids is 1. The first kappa shape index (κ1) is 15.1. The lowest BCUT2D eigenvalue weighted by Crippen LogP contribution is -2.49. The molecule has 2 heterocycles. The number of tetrazole rings is 1. The van der Waals surface area contributed by atoms with E-state index >= 15 is 0 Å². The molecule has 1 fully saturated rings. The summed E-state index contributed by atoms with van der Waals surface area (Å²) in [5.74, 6) is -1.16. The Morgan fingerprint density at radius 1 is 1.30 bits per heavy atom. The topological polar surface area (TPSA) is 110 Å². The number of rotatable bonds is 4. The first-order valence-electron chi connectivity index (χ1n) is 7.08. The van der Waals surface area contributed by atoms with E-state index in [1.54, 1.807) is 0 Å². The molecular formula is C14H15N5O4. The predicted octanol–water partition coefficient (Wildman–Crippen LogP) is -0.483. The summed E-state index contributed by atoms with van der Waals surface area (Å²) in [6, 6.07) is 7.28. The van der Waals surface area contributed by atoms with Gasteiger partial charge in [-0.15, -0.1) is 5.10 Å². The van der Waals surface area contributed by atoms with Crippen molar-refractivity contribution in [2.75, 3.05) is 19.7 Å². The lowest BCUT2D eigenvalue weighted by molar-refractivity contribution is -0.159. The van der Waals surface area contributed by atoms with Gasteiger partial charge in [0.15, 0.2) is 6.10 Å². The van der Waals surface area contributed by atoms with Gasteiger partial charge in [0.05, 0.1) is 25.3 Å². The molecule has 1 saturated heterocycles. The van der Waals surface area contributed by atoms with Crippen molar-refractivity contribution in [3.63, 3.8) is 0 Å². The van der Waals surface area contributed by atoms with Crippen molar-refractivity contribution in [3.8, 4) is 5.69 Å². The number of carboxylic acids is 1. The number of nitrogens with zero attached hydrogens (tertiary/aromatic N) is 5. The summed E-state index contributed by atoms with van der Waals surface area (Å²) >= 11 is 0. The summed E-state index contributed by atoms with van der Waals surface area (Å²) < 4.78 is 6.63. The summed E-state index contributed by atoms with van der Waals surface area (Å²) in [6.07, 6.45) is 0.747. The highest BCUT2D eigenvalue weighted by Gasteiger charge is 2.28. The van der Waals surface area contributed by atoms with Crippen LogP contribution in [0.1, 0.15) is 5.56 Å². The molecule has 1 aromatic heterocycles. The summed E-state index contributed by atoms with van der Waals surface area (Å²) in [6.45, 7) is 0.725. The van der Waals surface area contributed by atoms with E-state index in [-0.39, 0.29) is 25.5 Å². The molecule has 0 radical (unpaired) electrons. The number of carbonyl (C=O) groups is 2. The average molecular weight is 317 g/mol. The van der Waals surface area contributed by atoms with Crippen LogP contribution in [-0.2, 0) is 20.7 Å². The Morgan fingerprint density at radius 2 is 2.09 bits per heavy atom. The third-order valence-corrected chi connectivity index (χ3v) is 3.60. The highest BCUT2D eigenvalue weighted by molar-refractivity contribution is 5.80. The van der Waals surface area contributed by atoms with Crippen LogP contribution in [0.4, 0.5) is 0 Å². The van der Waals surface area contributed by atoms with Gasteiger partial charge in [-0.1, -0.05) is 12.1 Å².